The lowest BCUT2D eigenvalue weighted by Gasteiger charge is -2.23. The molecular formula is C16H26BrClN2O4. The van der Waals surface area contributed by atoms with Gasteiger partial charge in [-0.05, 0) is 54.0 Å². The molecule has 1 amide bonds. The zero-order valence-corrected chi connectivity index (χ0v) is 16.6. The van der Waals surface area contributed by atoms with Gasteiger partial charge in [-0.25, -0.2) is 0 Å². The predicted molar refractivity (Wildman–Crippen MR) is 101 cm³/mol. The fourth-order valence-electron chi connectivity index (χ4n) is 2.97. The number of benzene rings is 1. The number of hydrogen-bond donors (Lipinski definition) is 1. The molecule has 0 unspecified atom stereocenters. The molecule has 1 aliphatic heterocycles. The topological polar surface area (TPSA) is 82.3 Å². The molecule has 0 radical (unpaired) electrons. The molecule has 0 aliphatic carbocycles. The van der Waals surface area contributed by atoms with E-state index < -0.39 is 0 Å². The number of likely N-dealkylation sites (N-methyl/N-ethyl adjacent to an activating group) is 1. The molecule has 1 fully saturated rings. The first-order chi connectivity index (χ1) is 10.6. The molecule has 1 aromatic rings. The van der Waals surface area contributed by atoms with Crippen molar-refractivity contribution >= 4 is 34.2 Å². The Morgan fingerprint density at radius 2 is 2.08 bits per heavy atom. The van der Waals surface area contributed by atoms with Crippen molar-refractivity contribution in [2.45, 2.75) is 25.8 Å². The highest BCUT2D eigenvalue weighted by molar-refractivity contribution is 9.10. The summed E-state index contributed by atoms with van der Waals surface area (Å²) in [6, 6.07) is 3.98. The third kappa shape index (κ3) is 4.99. The number of carbonyl (C=O) groups excluding carboxylic acids is 1. The van der Waals surface area contributed by atoms with Crippen molar-refractivity contribution in [2.24, 2.45) is 0 Å². The zero-order chi connectivity index (χ0) is 16.1. The number of ether oxygens (including phenoxy) is 2. The molecule has 3 N–H and O–H groups in total. The number of nitrogens with one attached hydrogen (secondary N) is 1. The number of likely N-dealkylation sites (tertiary alicyclic amines) is 1. The molecule has 6 nitrogen and oxygen atoms in total. The first kappa shape index (κ1) is 23.0. The van der Waals surface area contributed by atoms with Crippen LogP contribution in [0, 0.1) is 0 Å². The molecule has 2 rings (SSSR count). The lowest BCUT2D eigenvalue weighted by molar-refractivity contribution is 0.0935. The fraction of sp³-hybridized carbons (Fsp3) is 0.562. The fourth-order valence-corrected chi connectivity index (χ4v) is 3.46. The van der Waals surface area contributed by atoms with Gasteiger partial charge in [0.2, 0.25) is 0 Å². The van der Waals surface area contributed by atoms with Crippen LogP contribution in [0.2, 0.25) is 0 Å². The average molecular weight is 426 g/mol. The van der Waals surface area contributed by atoms with E-state index in [9.17, 15) is 4.79 Å². The minimum absolute atomic E-state index is 0. The van der Waals surface area contributed by atoms with E-state index in [4.69, 9.17) is 9.47 Å². The van der Waals surface area contributed by atoms with Gasteiger partial charge in [-0.2, -0.15) is 0 Å². The molecule has 8 heteroatoms. The highest BCUT2D eigenvalue weighted by atomic mass is 79.9. The van der Waals surface area contributed by atoms with Crippen LogP contribution in [-0.4, -0.2) is 56.2 Å². The summed E-state index contributed by atoms with van der Waals surface area (Å²) in [5, 5.41) is 3.02. The summed E-state index contributed by atoms with van der Waals surface area (Å²) in [5.74, 6) is 0.838. The smallest absolute Gasteiger partial charge is 0.258 e. The van der Waals surface area contributed by atoms with Crippen LogP contribution in [0.25, 0.3) is 0 Å². The summed E-state index contributed by atoms with van der Waals surface area (Å²) < 4.78 is 11.4. The minimum atomic E-state index is -0.169. The molecule has 0 spiro atoms. The monoisotopic (exact) mass is 424 g/mol. The third-order valence-electron chi connectivity index (χ3n) is 4.13. The zero-order valence-electron chi connectivity index (χ0n) is 14.2. The molecule has 1 saturated heterocycles. The van der Waals surface area contributed by atoms with Gasteiger partial charge in [0.15, 0.2) is 0 Å². The van der Waals surface area contributed by atoms with Crippen molar-refractivity contribution in [3.63, 3.8) is 0 Å². The lowest BCUT2D eigenvalue weighted by atomic mass is 10.1. The highest BCUT2D eigenvalue weighted by Crippen LogP contribution is 2.35. The molecule has 1 heterocycles. The number of rotatable bonds is 6. The van der Waals surface area contributed by atoms with Crippen molar-refractivity contribution in [3.05, 3.63) is 22.2 Å². The standard InChI is InChI=1S/C16H23BrN2O3.ClH.H2O/c1-4-19-9-5-6-11(19)10-18-16(20)14-13(21-2)8-7-12(17)15(14)22-3;;/h7-8,11H,4-6,9-10H2,1-3H3,(H,18,20);1H;1H2/t11-;;/m0../s1. The molecule has 24 heavy (non-hydrogen) atoms. The number of nitrogens with zero attached hydrogens (tertiary/aromatic N) is 1. The molecule has 1 aromatic carbocycles. The normalized spacial score (nSPS) is 16.8. The lowest BCUT2D eigenvalue weighted by Crippen LogP contribution is -2.40. The van der Waals surface area contributed by atoms with Gasteiger partial charge in [-0.1, -0.05) is 6.92 Å². The number of methoxy groups -OCH3 is 2. The molecular weight excluding hydrogens is 400 g/mol. The Hall–Kier alpha value is -1.02. The predicted octanol–water partition coefficient (Wildman–Crippen LogP) is 2.28. The van der Waals surface area contributed by atoms with E-state index in [1.165, 1.54) is 6.42 Å². The highest BCUT2D eigenvalue weighted by Gasteiger charge is 2.25. The Kier molecular flexibility index (Phi) is 10.3. The van der Waals surface area contributed by atoms with Gasteiger partial charge in [0.05, 0.1) is 18.7 Å². The first-order valence-corrected chi connectivity index (χ1v) is 8.34. The minimum Gasteiger partial charge on any atom is -0.496 e. The van der Waals surface area contributed by atoms with Crippen molar-refractivity contribution in [1.29, 1.82) is 0 Å². The number of amides is 1. The van der Waals surface area contributed by atoms with Gasteiger partial charge in [-0.15, -0.1) is 12.4 Å². The van der Waals surface area contributed by atoms with Crippen LogP contribution in [0.1, 0.15) is 30.1 Å². The molecule has 1 aliphatic rings. The van der Waals surface area contributed by atoms with E-state index in [0.29, 0.717) is 29.6 Å². The van der Waals surface area contributed by atoms with Crippen LogP contribution in [0.4, 0.5) is 0 Å². The van der Waals surface area contributed by atoms with Gasteiger partial charge in [0.25, 0.3) is 5.91 Å². The summed E-state index contributed by atoms with van der Waals surface area (Å²) in [7, 11) is 3.10. The molecule has 1 atom stereocenters. The SMILES string of the molecule is CCN1CCC[C@H]1CNC(=O)c1c(OC)ccc(Br)c1OC.Cl.O. The van der Waals surface area contributed by atoms with E-state index in [0.717, 1.165) is 24.0 Å². The number of halogens is 2. The summed E-state index contributed by atoms with van der Waals surface area (Å²) >= 11 is 3.41. The van der Waals surface area contributed by atoms with E-state index in [2.05, 4.69) is 33.1 Å². The van der Waals surface area contributed by atoms with Crippen molar-refractivity contribution in [1.82, 2.24) is 10.2 Å². The van der Waals surface area contributed by atoms with Crippen LogP contribution in [0.15, 0.2) is 16.6 Å². The molecule has 0 aromatic heterocycles. The number of hydrogen-bond acceptors (Lipinski definition) is 4. The Bertz CT molecular complexity index is 545. The Morgan fingerprint density at radius 3 is 2.67 bits per heavy atom. The molecule has 138 valence electrons. The maximum absolute atomic E-state index is 12.6. The van der Waals surface area contributed by atoms with Gasteiger partial charge in [0.1, 0.15) is 17.1 Å². The van der Waals surface area contributed by atoms with Crippen LogP contribution >= 0.6 is 28.3 Å². The van der Waals surface area contributed by atoms with Gasteiger partial charge < -0.3 is 20.3 Å². The van der Waals surface area contributed by atoms with Crippen molar-refractivity contribution < 1.29 is 19.7 Å². The Labute approximate surface area is 157 Å². The summed E-state index contributed by atoms with van der Waals surface area (Å²) in [6.07, 6.45) is 2.32. The van der Waals surface area contributed by atoms with E-state index in [-0.39, 0.29) is 23.8 Å². The third-order valence-corrected chi connectivity index (χ3v) is 4.75. The summed E-state index contributed by atoms with van der Waals surface area (Å²) in [4.78, 5) is 15.0. The maximum atomic E-state index is 12.6. The molecule has 0 bridgehead atoms. The quantitative estimate of drug-likeness (QED) is 0.758. The molecule has 0 saturated carbocycles. The van der Waals surface area contributed by atoms with Gasteiger partial charge in [-0.3, -0.25) is 9.69 Å². The van der Waals surface area contributed by atoms with E-state index >= 15 is 0 Å². The average Bonchev–Trinajstić information content (AvgIpc) is 2.99. The Morgan fingerprint density at radius 1 is 1.38 bits per heavy atom. The van der Waals surface area contributed by atoms with Gasteiger partial charge in [0, 0.05) is 12.6 Å². The van der Waals surface area contributed by atoms with Crippen molar-refractivity contribution in [3.8, 4) is 11.5 Å². The second-order valence-corrected chi connectivity index (χ2v) is 6.15. The first-order valence-electron chi connectivity index (χ1n) is 7.55. The van der Waals surface area contributed by atoms with Crippen LogP contribution < -0.4 is 14.8 Å². The van der Waals surface area contributed by atoms with E-state index in [1.54, 1.807) is 20.3 Å². The largest absolute Gasteiger partial charge is 0.496 e. The van der Waals surface area contributed by atoms with E-state index in [1.807, 2.05) is 6.07 Å². The van der Waals surface area contributed by atoms with Gasteiger partial charge >= 0.3 is 0 Å². The van der Waals surface area contributed by atoms with Crippen molar-refractivity contribution in [2.75, 3.05) is 33.9 Å². The number of carbonyl (C=O) groups is 1. The maximum Gasteiger partial charge on any atom is 0.258 e. The van der Waals surface area contributed by atoms with Crippen LogP contribution in [0.5, 0.6) is 11.5 Å². The van der Waals surface area contributed by atoms with Crippen LogP contribution in [0.3, 0.4) is 0 Å². The second kappa shape index (κ2) is 10.8. The summed E-state index contributed by atoms with van der Waals surface area (Å²) in [6.45, 7) is 4.93. The summed E-state index contributed by atoms with van der Waals surface area (Å²) in [5.41, 5.74) is 0.431. The Balaban J connectivity index is 0.00000264. The van der Waals surface area contributed by atoms with Crippen LogP contribution in [-0.2, 0) is 0 Å². The second-order valence-electron chi connectivity index (χ2n) is 5.29.